The number of halogens is 2. The first-order valence-electron chi connectivity index (χ1n) is 17.3. The first kappa shape index (κ1) is 45.9. The molecular formula is C34H46Br2N14O4S2. The van der Waals surface area contributed by atoms with E-state index in [1.807, 2.05) is 0 Å². The fourth-order valence-electron chi connectivity index (χ4n) is 4.86. The highest BCUT2D eigenvalue weighted by Crippen LogP contribution is 2.39. The molecule has 0 saturated heterocycles. The summed E-state index contributed by atoms with van der Waals surface area (Å²) < 4.78 is 1.17. The summed E-state index contributed by atoms with van der Waals surface area (Å²) in [5, 5.41) is 31.4. The molecule has 3 rings (SSSR count). The van der Waals surface area contributed by atoms with E-state index in [-0.39, 0.29) is 48.0 Å². The van der Waals surface area contributed by atoms with Gasteiger partial charge in [0.1, 0.15) is 17.7 Å². The third-order valence-electron chi connectivity index (χ3n) is 7.30. The standard InChI is InChI=1S/C34H46Br2N14O4S2/c35-19-13-21(47-27(51)5-1-3-9-43-33(39)40)29(55-11-7-37)23(15-19)49-31(53)25-17-26(46-18-45-25)32(54)50-24-16-20(36)14-22(30(24)56-12-8-38)48-28(52)6-2-4-10-44-34(41)42/h13-18H,1-12,37-38H2,(H,47,51)(H,48,52)(H,49,53)(H,50,54)(H4,39,40,43)(H4,41,42,44). The summed E-state index contributed by atoms with van der Waals surface area (Å²) in [5.74, 6) is -0.997. The SMILES string of the molecule is N=C(N)NCCCCC(=O)Nc1cc(Br)cc(NC(=O)c2cc(C(=O)Nc3cc(Br)cc(NC(=O)CCCCNC(=N)N)c3SCCN)ncn2)c1SCCN. The molecule has 0 aliphatic rings. The van der Waals surface area contributed by atoms with Crippen LogP contribution in [-0.4, -0.2) is 83.2 Å². The molecule has 22 heteroatoms. The van der Waals surface area contributed by atoms with E-state index in [2.05, 4.69) is 73.7 Å². The lowest BCUT2D eigenvalue weighted by Crippen LogP contribution is -2.31. The van der Waals surface area contributed by atoms with Crippen molar-refractivity contribution in [1.82, 2.24) is 20.6 Å². The molecule has 0 radical (unpaired) electrons. The number of guanidine groups is 2. The van der Waals surface area contributed by atoms with Crippen LogP contribution in [0.2, 0.25) is 0 Å². The normalized spacial score (nSPS) is 10.6. The summed E-state index contributed by atoms with van der Waals surface area (Å²) in [6.07, 6.45) is 3.97. The average Bonchev–Trinajstić information content (AvgIpc) is 3.13. The molecule has 2 aromatic carbocycles. The Labute approximate surface area is 349 Å². The van der Waals surface area contributed by atoms with E-state index in [0.29, 0.717) is 105 Å². The van der Waals surface area contributed by atoms with Crippen LogP contribution in [0.15, 0.2) is 55.4 Å². The fourth-order valence-corrected chi connectivity index (χ4v) is 7.48. The van der Waals surface area contributed by atoms with Crippen LogP contribution in [0, 0.1) is 10.8 Å². The van der Waals surface area contributed by atoms with E-state index in [1.165, 1.54) is 29.6 Å². The summed E-state index contributed by atoms with van der Waals surface area (Å²) in [6.45, 7) is 1.64. The summed E-state index contributed by atoms with van der Waals surface area (Å²) in [4.78, 5) is 62.2. The molecule has 1 heterocycles. The minimum absolute atomic E-state index is 0.0944. The quantitative estimate of drug-likeness (QED) is 0.0295. The average molecular weight is 939 g/mol. The van der Waals surface area contributed by atoms with Gasteiger partial charge in [-0.25, -0.2) is 9.97 Å². The third-order valence-corrected chi connectivity index (χ3v) is 10.6. The van der Waals surface area contributed by atoms with Gasteiger partial charge >= 0.3 is 0 Å². The molecule has 0 fully saturated rings. The maximum Gasteiger partial charge on any atom is 0.274 e. The number of hydrogen-bond acceptors (Lipinski definition) is 12. The Morgan fingerprint density at radius 1 is 0.607 bits per heavy atom. The van der Waals surface area contributed by atoms with E-state index in [9.17, 15) is 19.2 Å². The largest absolute Gasteiger partial charge is 0.370 e. The van der Waals surface area contributed by atoms with Gasteiger partial charge in [0.2, 0.25) is 11.8 Å². The molecule has 56 heavy (non-hydrogen) atoms. The Kier molecular flexibility index (Phi) is 19.9. The van der Waals surface area contributed by atoms with Crippen LogP contribution in [0.4, 0.5) is 22.7 Å². The van der Waals surface area contributed by atoms with Crippen LogP contribution in [0.25, 0.3) is 0 Å². The van der Waals surface area contributed by atoms with E-state index < -0.39 is 11.8 Å². The smallest absolute Gasteiger partial charge is 0.274 e. The Hall–Kier alpha value is -4.48. The van der Waals surface area contributed by atoms with E-state index in [0.717, 1.165) is 6.33 Å². The molecule has 0 atom stereocenters. The topological polar surface area (TPSA) is 318 Å². The number of hydrogen-bond donors (Lipinski definition) is 12. The first-order chi connectivity index (χ1) is 26.8. The van der Waals surface area contributed by atoms with Gasteiger partial charge in [0.05, 0.1) is 32.5 Å². The van der Waals surface area contributed by atoms with Crippen molar-refractivity contribution >= 4 is 114 Å². The van der Waals surface area contributed by atoms with Gasteiger partial charge in [0.25, 0.3) is 11.8 Å². The number of nitrogens with one attached hydrogen (secondary N) is 8. The minimum Gasteiger partial charge on any atom is -0.370 e. The monoisotopic (exact) mass is 936 g/mol. The zero-order chi connectivity index (χ0) is 41.0. The summed E-state index contributed by atoms with van der Waals surface area (Å²) in [5.41, 5.74) is 23.7. The lowest BCUT2D eigenvalue weighted by molar-refractivity contribution is -0.117. The maximum atomic E-state index is 13.6. The zero-order valence-electron chi connectivity index (χ0n) is 30.4. The van der Waals surface area contributed by atoms with Gasteiger partial charge in [-0.1, -0.05) is 31.9 Å². The minimum atomic E-state index is -0.631. The third kappa shape index (κ3) is 15.9. The highest BCUT2D eigenvalue weighted by atomic mass is 79.9. The van der Waals surface area contributed by atoms with Gasteiger partial charge in [0.15, 0.2) is 11.9 Å². The Balaban J connectivity index is 1.79. The molecular weight excluding hydrogens is 892 g/mol. The molecule has 0 saturated carbocycles. The number of aromatic nitrogens is 2. The predicted octanol–water partition coefficient (Wildman–Crippen LogP) is 3.79. The molecule has 0 unspecified atom stereocenters. The molecule has 0 aliphatic carbocycles. The molecule has 0 spiro atoms. The molecule has 16 N–H and O–H groups in total. The number of nitrogens with two attached hydrogens (primary N) is 4. The molecule has 18 nitrogen and oxygen atoms in total. The number of anilines is 4. The Bertz CT molecular complexity index is 1760. The number of nitrogens with zero attached hydrogens (tertiary/aromatic N) is 2. The van der Waals surface area contributed by atoms with Crippen molar-refractivity contribution in [3.63, 3.8) is 0 Å². The van der Waals surface area contributed by atoms with Gasteiger partial charge in [-0.15, -0.1) is 23.5 Å². The van der Waals surface area contributed by atoms with Crippen molar-refractivity contribution < 1.29 is 19.2 Å². The van der Waals surface area contributed by atoms with Gasteiger partial charge in [-0.05, 0) is 49.9 Å². The van der Waals surface area contributed by atoms with Crippen molar-refractivity contribution in [2.24, 2.45) is 22.9 Å². The lowest BCUT2D eigenvalue weighted by atomic mass is 10.2. The van der Waals surface area contributed by atoms with Crippen molar-refractivity contribution in [1.29, 1.82) is 10.8 Å². The summed E-state index contributed by atoms with van der Waals surface area (Å²) in [7, 11) is 0. The van der Waals surface area contributed by atoms with E-state index in [4.69, 9.17) is 33.8 Å². The lowest BCUT2D eigenvalue weighted by Gasteiger charge is -2.17. The fraction of sp³-hybridized carbons (Fsp3) is 0.353. The molecule has 3 aromatic rings. The van der Waals surface area contributed by atoms with Crippen LogP contribution < -0.4 is 54.8 Å². The van der Waals surface area contributed by atoms with Crippen LogP contribution in [0.3, 0.4) is 0 Å². The highest BCUT2D eigenvalue weighted by Gasteiger charge is 2.21. The van der Waals surface area contributed by atoms with E-state index >= 15 is 0 Å². The predicted molar refractivity (Wildman–Crippen MR) is 231 cm³/mol. The zero-order valence-corrected chi connectivity index (χ0v) is 35.2. The number of amides is 4. The summed E-state index contributed by atoms with van der Waals surface area (Å²) >= 11 is 9.63. The number of unbranched alkanes of at least 4 members (excludes halogenated alkanes) is 2. The van der Waals surface area contributed by atoms with Gasteiger partial charge < -0.3 is 54.8 Å². The summed E-state index contributed by atoms with van der Waals surface area (Å²) in [6, 6.07) is 8.08. The molecule has 1 aromatic heterocycles. The van der Waals surface area contributed by atoms with Crippen molar-refractivity contribution in [2.75, 3.05) is 59.0 Å². The van der Waals surface area contributed by atoms with Crippen LogP contribution >= 0.6 is 55.4 Å². The first-order valence-corrected chi connectivity index (χ1v) is 20.9. The second-order valence-corrected chi connectivity index (χ2v) is 15.9. The van der Waals surface area contributed by atoms with Gasteiger partial charge in [0, 0.05) is 65.5 Å². The van der Waals surface area contributed by atoms with Crippen molar-refractivity contribution in [3.05, 3.63) is 57.0 Å². The molecule has 0 aliphatic heterocycles. The second kappa shape index (κ2) is 24.2. The van der Waals surface area contributed by atoms with E-state index in [1.54, 1.807) is 24.3 Å². The number of benzene rings is 2. The Morgan fingerprint density at radius 2 is 0.982 bits per heavy atom. The van der Waals surface area contributed by atoms with Crippen molar-refractivity contribution in [3.8, 4) is 0 Å². The van der Waals surface area contributed by atoms with Gasteiger partial charge in [-0.2, -0.15) is 0 Å². The second-order valence-electron chi connectivity index (χ2n) is 11.8. The number of rotatable bonds is 22. The molecule has 4 amide bonds. The van der Waals surface area contributed by atoms with Crippen molar-refractivity contribution in [2.45, 2.75) is 48.3 Å². The number of thioether (sulfide) groups is 2. The van der Waals surface area contributed by atoms with Crippen LogP contribution in [0.5, 0.6) is 0 Å². The molecule has 302 valence electrons. The van der Waals surface area contributed by atoms with Crippen LogP contribution in [0.1, 0.15) is 59.5 Å². The van der Waals surface area contributed by atoms with Gasteiger partial charge in [-0.3, -0.25) is 30.0 Å². The highest BCUT2D eigenvalue weighted by molar-refractivity contribution is 9.10. The maximum absolute atomic E-state index is 13.6. The Morgan fingerprint density at radius 3 is 1.34 bits per heavy atom. The molecule has 0 bridgehead atoms. The number of carbonyl (C=O) groups excluding carboxylic acids is 4. The number of carbonyl (C=O) groups is 4. The van der Waals surface area contributed by atoms with Crippen LogP contribution in [-0.2, 0) is 9.59 Å².